The molecule has 0 bridgehead atoms. The van der Waals surface area contributed by atoms with E-state index in [1.807, 2.05) is 59.5 Å². The maximum Gasteiger partial charge on any atom is 0.259 e. The Morgan fingerprint density at radius 2 is 1.70 bits per heavy atom. The van der Waals surface area contributed by atoms with Gasteiger partial charge in [-0.05, 0) is 63.0 Å². The van der Waals surface area contributed by atoms with Crippen LogP contribution in [0.15, 0.2) is 67.3 Å². The topological polar surface area (TPSA) is 164 Å². The second kappa shape index (κ2) is 17.6. The number of ether oxygens (including phenoxy) is 2. The number of benzene rings is 2. The highest BCUT2D eigenvalue weighted by Crippen LogP contribution is 2.46. The van der Waals surface area contributed by atoms with E-state index < -0.39 is 56.6 Å². The van der Waals surface area contributed by atoms with Gasteiger partial charge in [0.25, 0.3) is 5.91 Å². The number of hydrogen-bond donors (Lipinski definition) is 2. The number of nitrogens with zero attached hydrogens (tertiary/aromatic N) is 3. The molecule has 13 nitrogen and oxygen atoms in total. The van der Waals surface area contributed by atoms with Crippen LogP contribution < -0.4 is 19.5 Å². The molecule has 0 spiro atoms. The van der Waals surface area contributed by atoms with Crippen molar-refractivity contribution in [3.63, 3.8) is 0 Å². The second-order valence-corrected chi connectivity index (χ2v) is 19.5. The van der Waals surface area contributed by atoms with Crippen molar-refractivity contribution in [1.29, 1.82) is 0 Å². The number of carbonyl (C=O) groups is 4. The Morgan fingerprint density at radius 3 is 2.38 bits per heavy atom. The number of rotatable bonds is 15. The van der Waals surface area contributed by atoms with Crippen molar-refractivity contribution in [2.75, 3.05) is 26.7 Å². The SMILES string of the molecule is C=C[C@H]1C[C@]1(NC(=O)[C@@H]1C[C@@H](Oc2cc(-c3ccccc3)nc3cc(OC)ccc23)CN1C(=O)[C@H](CC(=O)N1CCCCC1)CC1CCCCC1)C(=O)NS(=O)(=O)C1CC1. The van der Waals surface area contributed by atoms with Crippen LogP contribution in [0.1, 0.15) is 89.9 Å². The number of pyridine rings is 1. The fourth-order valence-corrected chi connectivity index (χ4v) is 10.9. The lowest BCUT2D eigenvalue weighted by atomic mass is 9.81. The van der Waals surface area contributed by atoms with Gasteiger partial charge in [0.05, 0.1) is 30.1 Å². The van der Waals surface area contributed by atoms with Crippen LogP contribution in [0.4, 0.5) is 0 Å². The molecule has 0 radical (unpaired) electrons. The van der Waals surface area contributed by atoms with E-state index in [9.17, 15) is 22.8 Å². The average Bonchev–Trinajstić information content (AvgIpc) is 4.20. The number of hydrogen-bond acceptors (Lipinski definition) is 9. The van der Waals surface area contributed by atoms with Gasteiger partial charge in [-0.3, -0.25) is 23.9 Å². The summed E-state index contributed by atoms with van der Waals surface area (Å²) in [6.45, 7) is 5.27. The van der Waals surface area contributed by atoms with E-state index in [-0.39, 0.29) is 37.6 Å². The fraction of sp³-hybridized carbons (Fsp3) is 0.543. The molecule has 5 aliphatic rings. The largest absolute Gasteiger partial charge is 0.497 e. The van der Waals surface area contributed by atoms with Crippen LogP contribution in [-0.2, 0) is 29.2 Å². The molecule has 2 aliphatic heterocycles. The summed E-state index contributed by atoms with van der Waals surface area (Å²) >= 11 is 0. The predicted molar refractivity (Wildman–Crippen MR) is 227 cm³/mol. The van der Waals surface area contributed by atoms with E-state index in [4.69, 9.17) is 14.5 Å². The third kappa shape index (κ3) is 9.03. The molecule has 1 aromatic heterocycles. The first-order valence-corrected chi connectivity index (χ1v) is 23.3. The molecule has 320 valence electrons. The third-order valence-corrected chi connectivity index (χ3v) is 15.1. The first kappa shape index (κ1) is 41.7. The minimum atomic E-state index is -3.89. The Morgan fingerprint density at radius 1 is 0.967 bits per heavy atom. The molecule has 14 heteroatoms. The molecule has 2 saturated heterocycles. The maximum atomic E-state index is 15.1. The minimum Gasteiger partial charge on any atom is -0.497 e. The zero-order valence-electron chi connectivity index (χ0n) is 34.5. The summed E-state index contributed by atoms with van der Waals surface area (Å²) in [6, 6.07) is 16.1. The summed E-state index contributed by atoms with van der Waals surface area (Å²) in [5.41, 5.74) is 0.678. The van der Waals surface area contributed by atoms with Crippen LogP contribution in [0.3, 0.4) is 0 Å². The first-order chi connectivity index (χ1) is 29.0. The Hall–Kier alpha value is -4.98. The number of amides is 4. The molecule has 3 aliphatic carbocycles. The summed E-state index contributed by atoms with van der Waals surface area (Å²) in [6.07, 6.45) is 11.0. The van der Waals surface area contributed by atoms with Crippen molar-refractivity contribution in [2.24, 2.45) is 17.8 Å². The monoisotopic (exact) mass is 839 g/mol. The summed E-state index contributed by atoms with van der Waals surface area (Å²) in [5.74, 6) is -1.39. The van der Waals surface area contributed by atoms with E-state index >= 15 is 4.79 Å². The number of piperidine rings is 1. The second-order valence-electron chi connectivity index (χ2n) is 17.5. The maximum absolute atomic E-state index is 15.1. The van der Waals surface area contributed by atoms with Gasteiger partial charge in [-0.25, -0.2) is 13.4 Å². The van der Waals surface area contributed by atoms with E-state index in [0.29, 0.717) is 61.0 Å². The van der Waals surface area contributed by atoms with Crippen LogP contribution in [0.25, 0.3) is 22.2 Å². The zero-order valence-corrected chi connectivity index (χ0v) is 35.3. The number of carbonyl (C=O) groups excluding carboxylic acids is 4. The lowest BCUT2D eigenvalue weighted by Gasteiger charge is -2.33. The van der Waals surface area contributed by atoms with Crippen molar-refractivity contribution >= 4 is 44.6 Å². The summed E-state index contributed by atoms with van der Waals surface area (Å²) in [5, 5.41) is 3.01. The molecule has 4 amide bonds. The molecule has 5 atom stereocenters. The van der Waals surface area contributed by atoms with Crippen LogP contribution in [0, 0.1) is 17.8 Å². The molecule has 3 aromatic rings. The van der Waals surface area contributed by atoms with Crippen molar-refractivity contribution in [2.45, 2.75) is 113 Å². The highest BCUT2D eigenvalue weighted by molar-refractivity contribution is 7.91. The van der Waals surface area contributed by atoms with Crippen molar-refractivity contribution in [3.05, 3.63) is 67.3 Å². The number of fused-ring (bicyclic) bond motifs is 1. The summed E-state index contributed by atoms with van der Waals surface area (Å²) < 4.78 is 40.3. The van der Waals surface area contributed by atoms with Crippen LogP contribution >= 0.6 is 0 Å². The lowest BCUT2D eigenvalue weighted by molar-refractivity contribution is -0.146. The van der Waals surface area contributed by atoms with E-state index in [2.05, 4.69) is 16.6 Å². The first-order valence-electron chi connectivity index (χ1n) is 21.8. The Kier molecular flexibility index (Phi) is 12.2. The van der Waals surface area contributed by atoms with Gasteiger partial charge in [-0.15, -0.1) is 6.58 Å². The normalized spacial score (nSPS) is 25.0. The van der Waals surface area contributed by atoms with Gasteiger partial charge >= 0.3 is 0 Å². The minimum absolute atomic E-state index is 0.0386. The third-order valence-electron chi connectivity index (χ3n) is 13.3. The van der Waals surface area contributed by atoms with Crippen molar-refractivity contribution < 1.29 is 37.1 Å². The van der Waals surface area contributed by atoms with E-state index in [0.717, 1.165) is 62.3 Å². The van der Waals surface area contributed by atoms with E-state index in [1.165, 1.54) is 0 Å². The van der Waals surface area contributed by atoms with Gasteiger partial charge in [0, 0.05) is 60.8 Å². The highest BCUT2D eigenvalue weighted by atomic mass is 32.2. The molecule has 0 unspecified atom stereocenters. The smallest absolute Gasteiger partial charge is 0.259 e. The Labute approximate surface area is 352 Å². The molecular weight excluding hydrogens is 783 g/mol. The lowest BCUT2D eigenvalue weighted by Crippen LogP contribution is -2.57. The molecule has 2 aromatic carbocycles. The molecule has 3 saturated carbocycles. The fourth-order valence-electron chi connectivity index (χ4n) is 9.55. The number of likely N-dealkylation sites (tertiary alicyclic amines) is 2. The molecular formula is C46H57N5O8S. The van der Waals surface area contributed by atoms with Gasteiger partial charge in [-0.2, -0.15) is 0 Å². The standard InChI is InChI=1S/C46H57N5O8S/c1-3-33-28-46(33,45(55)49-60(56,57)36-18-19-36)48-43(53)40-26-35(59-41-27-38(31-15-9-5-10-16-31)47-39-25-34(58-2)17-20-37(39)41)29-51(40)44(54)32(23-30-13-7-4-8-14-30)24-42(52)50-21-11-6-12-22-50/h3,5,9-10,15-17,20,25,27,30,32-33,35-36,40H,1,4,6-8,11-14,18-19,21-24,26,28-29H2,2H3,(H,48,53)(H,49,55)/t32-,33-,35+,40-,46+/m0/s1. The predicted octanol–water partition coefficient (Wildman–Crippen LogP) is 5.92. The van der Waals surface area contributed by atoms with Crippen LogP contribution in [0.2, 0.25) is 0 Å². The van der Waals surface area contributed by atoms with Crippen molar-refractivity contribution in [3.8, 4) is 22.8 Å². The average molecular weight is 840 g/mol. The quantitative estimate of drug-likeness (QED) is 0.177. The number of nitrogens with one attached hydrogen (secondary N) is 2. The molecule has 60 heavy (non-hydrogen) atoms. The van der Waals surface area contributed by atoms with Gasteiger partial charge in [0.2, 0.25) is 27.7 Å². The van der Waals surface area contributed by atoms with E-state index in [1.54, 1.807) is 18.1 Å². The van der Waals surface area contributed by atoms with Gasteiger partial charge < -0.3 is 24.6 Å². The van der Waals surface area contributed by atoms with Gasteiger partial charge in [0.1, 0.15) is 29.2 Å². The Bertz CT molecular complexity index is 2220. The molecule has 5 fully saturated rings. The number of aromatic nitrogens is 1. The van der Waals surface area contributed by atoms with Gasteiger partial charge in [0.15, 0.2) is 0 Å². The number of methoxy groups -OCH3 is 1. The summed E-state index contributed by atoms with van der Waals surface area (Å²) in [4.78, 5) is 65.7. The zero-order chi connectivity index (χ0) is 42.0. The molecule has 8 rings (SSSR count). The number of sulfonamides is 1. The molecule has 2 N–H and O–H groups in total. The van der Waals surface area contributed by atoms with Crippen LogP contribution in [-0.4, -0.2) is 96.5 Å². The van der Waals surface area contributed by atoms with Crippen LogP contribution in [0.5, 0.6) is 11.5 Å². The highest BCUT2D eigenvalue weighted by Gasteiger charge is 2.62. The van der Waals surface area contributed by atoms with Gasteiger partial charge in [-0.1, -0.05) is 68.5 Å². The van der Waals surface area contributed by atoms with Crippen molar-refractivity contribution in [1.82, 2.24) is 24.8 Å². The molecule has 3 heterocycles. The Balaban J connectivity index is 1.11. The summed E-state index contributed by atoms with van der Waals surface area (Å²) in [7, 11) is -2.30.